The number of nitrogens with zero attached hydrogens (tertiary/aromatic N) is 2. The molecule has 0 amide bonds. The van der Waals surface area contributed by atoms with E-state index in [9.17, 15) is 9.90 Å². The van der Waals surface area contributed by atoms with Gasteiger partial charge in [0, 0.05) is 15.4 Å². The van der Waals surface area contributed by atoms with Crippen molar-refractivity contribution in [2.24, 2.45) is 0 Å². The number of aliphatic carboxylic acids is 1. The van der Waals surface area contributed by atoms with E-state index in [4.69, 9.17) is 11.6 Å². The highest BCUT2D eigenvalue weighted by Gasteiger charge is 2.27. The van der Waals surface area contributed by atoms with E-state index in [0.717, 1.165) is 39.0 Å². The van der Waals surface area contributed by atoms with Crippen LogP contribution >= 0.6 is 62.0 Å². The zero-order valence-electron chi connectivity index (χ0n) is 11.8. The highest BCUT2D eigenvalue weighted by atomic mass is 79.9. The van der Waals surface area contributed by atoms with Crippen LogP contribution in [0.15, 0.2) is 38.7 Å². The molecule has 2 aromatic heterocycles. The largest absolute Gasteiger partial charge is 0.480 e. The molecule has 0 bridgehead atoms. The Morgan fingerprint density at radius 2 is 2.21 bits per heavy atom. The Hall–Kier alpha value is -1.06. The lowest BCUT2D eigenvalue weighted by molar-refractivity contribution is -0.135. The number of fused-ring (bicyclic) bond motifs is 2. The molecule has 122 valence electrons. The number of carboxylic acid groups (broad SMARTS) is 1. The molecule has 0 fully saturated rings. The van der Waals surface area contributed by atoms with E-state index in [2.05, 4.69) is 20.9 Å². The molecule has 0 atom stereocenters. The molecule has 4 rings (SSSR count). The van der Waals surface area contributed by atoms with Crippen LogP contribution in [0.1, 0.15) is 5.01 Å². The summed E-state index contributed by atoms with van der Waals surface area (Å²) in [5, 5.41) is 11.0. The first-order valence-corrected chi connectivity index (χ1v) is 10.4. The highest BCUT2D eigenvalue weighted by molar-refractivity contribution is 9.10. The van der Waals surface area contributed by atoms with Crippen LogP contribution in [0.2, 0.25) is 4.34 Å². The van der Waals surface area contributed by atoms with E-state index in [0.29, 0.717) is 0 Å². The molecule has 3 heterocycles. The zero-order valence-corrected chi connectivity index (χ0v) is 16.6. The summed E-state index contributed by atoms with van der Waals surface area (Å²) in [7, 11) is 0. The number of thioether (sulfide) groups is 1. The fraction of sp³-hybridized carbons (Fsp3) is 0.0667. The predicted molar refractivity (Wildman–Crippen MR) is 105 cm³/mol. The summed E-state index contributed by atoms with van der Waals surface area (Å²) in [5.41, 5.74) is 1.78. The molecule has 0 aliphatic carbocycles. The minimum absolute atomic E-state index is 0.0894. The van der Waals surface area contributed by atoms with Gasteiger partial charge in [-0.2, -0.15) is 0 Å². The number of hydrogen-bond acceptors (Lipinski definition) is 6. The van der Waals surface area contributed by atoms with Crippen LogP contribution < -0.4 is 4.90 Å². The summed E-state index contributed by atoms with van der Waals surface area (Å²) in [6.07, 6.45) is 1.94. The van der Waals surface area contributed by atoms with Crippen molar-refractivity contribution in [2.75, 3.05) is 11.4 Å². The SMILES string of the molecule is O=C(O)CN1/C(=C/c2nc3cc(Cl)sc3s2)Sc2ccc(Br)cc21. The van der Waals surface area contributed by atoms with E-state index in [1.807, 2.05) is 30.3 Å². The smallest absolute Gasteiger partial charge is 0.323 e. The Morgan fingerprint density at radius 3 is 2.96 bits per heavy atom. The molecule has 0 radical (unpaired) electrons. The van der Waals surface area contributed by atoms with Gasteiger partial charge in [0.2, 0.25) is 0 Å². The van der Waals surface area contributed by atoms with Crippen molar-refractivity contribution >= 4 is 89.2 Å². The average molecular weight is 460 g/mol. The Morgan fingerprint density at radius 1 is 1.38 bits per heavy atom. The molecule has 0 saturated heterocycles. The van der Waals surface area contributed by atoms with E-state index < -0.39 is 5.97 Å². The van der Waals surface area contributed by atoms with Gasteiger partial charge in [0.15, 0.2) is 0 Å². The Kier molecular flexibility index (Phi) is 4.34. The fourth-order valence-electron chi connectivity index (χ4n) is 2.37. The molecular formula is C15H8BrClN2O2S3. The first kappa shape index (κ1) is 16.4. The lowest BCUT2D eigenvalue weighted by Gasteiger charge is -2.17. The molecule has 1 aromatic carbocycles. The van der Waals surface area contributed by atoms with E-state index in [1.54, 1.807) is 28.0 Å². The summed E-state index contributed by atoms with van der Waals surface area (Å²) in [6.45, 7) is -0.0894. The van der Waals surface area contributed by atoms with Crippen LogP contribution in [0.3, 0.4) is 0 Å². The van der Waals surface area contributed by atoms with Gasteiger partial charge >= 0.3 is 5.97 Å². The lowest BCUT2D eigenvalue weighted by atomic mass is 10.3. The van der Waals surface area contributed by atoms with Crippen molar-refractivity contribution < 1.29 is 9.90 Å². The number of hydrogen-bond donors (Lipinski definition) is 1. The average Bonchev–Trinajstić information content (AvgIpc) is 3.11. The summed E-state index contributed by atoms with van der Waals surface area (Å²) in [6, 6.07) is 7.73. The summed E-state index contributed by atoms with van der Waals surface area (Å²) < 4.78 is 2.71. The van der Waals surface area contributed by atoms with Crippen molar-refractivity contribution in [2.45, 2.75) is 4.90 Å². The third kappa shape index (κ3) is 3.09. The summed E-state index contributed by atoms with van der Waals surface area (Å²) in [5.74, 6) is -0.874. The minimum atomic E-state index is -0.874. The zero-order chi connectivity index (χ0) is 16.8. The van der Waals surface area contributed by atoms with Gasteiger partial charge in [0.25, 0.3) is 0 Å². The number of anilines is 1. The molecule has 0 unspecified atom stereocenters. The van der Waals surface area contributed by atoms with Crippen LogP contribution in [-0.4, -0.2) is 22.6 Å². The second kappa shape index (κ2) is 6.34. The molecule has 0 saturated carbocycles. The quantitative estimate of drug-likeness (QED) is 0.539. The van der Waals surface area contributed by atoms with Gasteiger partial charge in [0.05, 0.1) is 20.6 Å². The number of benzene rings is 1. The first-order chi connectivity index (χ1) is 11.5. The number of halogens is 2. The van der Waals surface area contributed by atoms with Crippen molar-refractivity contribution in [1.82, 2.24) is 4.98 Å². The maximum absolute atomic E-state index is 11.3. The molecule has 24 heavy (non-hydrogen) atoms. The van der Waals surface area contributed by atoms with E-state index in [-0.39, 0.29) is 6.54 Å². The van der Waals surface area contributed by atoms with Crippen LogP contribution in [0.25, 0.3) is 15.6 Å². The van der Waals surface area contributed by atoms with Gasteiger partial charge in [-0.3, -0.25) is 4.79 Å². The van der Waals surface area contributed by atoms with Crippen molar-refractivity contribution in [3.8, 4) is 0 Å². The van der Waals surface area contributed by atoms with Crippen molar-refractivity contribution in [1.29, 1.82) is 0 Å². The maximum atomic E-state index is 11.3. The molecule has 1 N–H and O–H groups in total. The summed E-state index contributed by atoms with van der Waals surface area (Å²) >= 11 is 14.1. The van der Waals surface area contributed by atoms with E-state index >= 15 is 0 Å². The second-order valence-electron chi connectivity index (χ2n) is 4.95. The number of rotatable bonds is 3. The fourth-order valence-corrected chi connectivity index (χ4v) is 6.31. The Balaban J connectivity index is 1.75. The van der Waals surface area contributed by atoms with E-state index in [1.165, 1.54) is 11.3 Å². The van der Waals surface area contributed by atoms with Gasteiger partial charge in [-0.15, -0.1) is 22.7 Å². The van der Waals surface area contributed by atoms with Crippen LogP contribution in [0, 0.1) is 0 Å². The van der Waals surface area contributed by atoms with Crippen LogP contribution in [-0.2, 0) is 4.79 Å². The number of carbonyl (C=O) groups is 1. The second-order valence-corrected chi connectivity index (χ2v) is 9.90. The third-order valence-electron chi connectivity index (χ3n) is 3.31. The molecule has 9 heteroatoms. The minimum Gasteiger partial charge on any atom is -0.480 e. The Labute approximate surface area is 162 Å². The predicted octanol–water partition coefficient (Wildman–Crippen LogP) is 5.77. The monoisotopic (exact) mass is 458 g/mol. The van der Waals surface area contributed by atoms with Gasteiger partial charge in [-0.1, -0.05) is 39.3 Å². The molecule has 4 nitrogen and oxygen atoms in total. The molecule has 1 aliphatic rings. The van der Waals surface area contributed by atoms with Crippen molar-refractivity contribution in [3.63, 3.8) is 0 Å². The van der Waals surface area contributed by atoms with Gasteiger partial charge in [-0.25, -0.2) is 4.98 Å². The van der Waals surface area contributed by atoms with Crippen molar-refractivity contribution in [3.05, 3.63) is 43.1 Å². The number of thiophene rings is 1. The third-order valence-corrected chi connectivity index (χ3v) is 7.28. The van der Waals surface area contributed by atoms with Gasteiger partial charge in [-0.05, 0) is 24.3 Å². The first-order valence-electron chi connectivity index (χ1n) is 6.74. The number of aromatic nitrogens is 1. The van der Waals surface area contributed by atoms with Crippen LogP contribution in [0.5, 0.6) is 0 Å². The van der Waals surface area contributed by atoms with Gasteiger partial charge in [0.1, 0.15) is 15.6 Å². The number of thiazole rings is 1. The topological polar surface area (TPSA) is 53.4 Å². The molecule has 0 spiro atoms. The lowest BCUT2D eigenvalue weighted by Crippen LogP contribution is -2.25. The highest BCUT2D eigenvalue weighted by Crippen LogP contribution is 2.48. The van der Waals surface area contributed by atoms with Gasteiger partial charge < -0.3 is 10.0 Å². The molecule has 3 aromatic rings. The summed E-state index contributed by atoms with van der Waals surface area (Å²) in [4.78, 5) is 18.7. The maximum Gasteiger partial charge on any atom is 0.323 e. The standard InChI is InChI=1S/C15H8BrClN2O2S3/c16-7-1-2-10-9(3-7)19(6-14(20)21)13(22-10)5-12-18-8-4-11(17)23-15(8)24-12/h1-5H,6H2,(H,20,21)/b13-5-. The number of carboxylic acids is 1. The Bertz CT molecular complexity index is 966. The molecular weight excluding hydrogens is 452 g/mol. The normalized spacial score (nSPS) is 15.4. The molecule has 1 aliphatic heterocycles. The van der Waals surface area contributed by atoms with Crippen LogP contribution in [0.4, 0.5) is 5.69 Å².